The zero-order valence-corrected chi connectivity index (χ0v) is 11.8. The van der Waals surface area contributed by atoms with Crippen molar-refractivity contribution in [3.8, 4) is 0 Å². The van der Waals surface area contributed by atoms with Gasteiger partial charge in [0, 0.05) is 35.1 Å². The number of alkyl halides is 1. The number of para-hydroxylation sites is 1. The number of benzene rings is 1. The van der Waals surface area contributed by atoms with Gasteiger partial charge < -0.3 is 5.32 Å². The molecule has 1 heterocycles. The Bertz CT molecular complexity index is 556. The first-order chi connectivity index (χ1) is 9.33. The lowest BCUT2D eigenvalue weighted by Crippen LogP contribution is -2.28. The van der Waals surface area contributed by atoms with Crippen molar-refractivity contribution in [2.75, 3.05) is 17.7 Å². The second-order valence-corrected chi connectivity index (χ2v) is 5.84. The highest BCUT2D eigenvalue weighted by atomic mass is 35.5. The molecule has 1 aromatic carbocycles. The predicted molar refractivity (Wildman–Crippen MR) is 81.9 cm³/mol. The van der Waals surface area contributed by atoms with Crippen molar-refractivity contribution in [1.82, 2.24) is 4.98 Å². The number of rotatable bonds is 4. The summed E-state index contributed by atoms with van der Waals surface area (Å²) in [5.41, 5.74) is 2.49. The van der Waals surface area contributed by atoms with Crippen LogP contribution in [0.25, 0.3) is 10.9 Å². The number of fused-ring (bicyclic) bond motifs is 1. The van der Waals surface area contributed by atoms with Crippen LogP contribution in [0.3, 0.4) is 0 Å². The standard InChI is InChI=1S/C16H19ClN2/c17-11-16(8-3-4-9-16)12-19-15-7-10-18-14-6-2-1-5-13(14)15/h1-2,5-7,10H,3-4,8-9,11-12H2,(H,18,19). The van der Waals surface area contributed by atoms with Gasteiger partial charge in [-0.3, -0.25) is 4.98 Å². The van der Waals surface area contributed by atoms with Gasteiger partial charge in [-0.25, -0.2) is 0 Å². The van der Waals surface area contributed by atoms with Crippen LogP contribution in [0.5, 0.6) is 0 Å². The van der Waals surface area contributed by atoms with E-state index in [1.807, 2.05) is 18.3 Å². The van der Waals surface area contributed by atoms with E-state index >= 15 is 0 Å². The molecule has 0 atom stereocenters. The summed E-state index contributed by atoms with van der Waals surface area (Å²) in [5, 5.41) is 4.78. The minimum Gasteiger partial charge on any atom is -0.384 e. The molecule has 3 rings (SSSR count). The fraction of sp³-hybridized carbons (Fsp3) is 0.438. The van der Waals surface area contributed by atoms with E-state index in [1.165, 1.54) is 36.8 Å². The number of nitrogens with one attached hydrogen (secondary N) is 1. The molecular formula is C16H19ClN2. The molecule has 2 aromatic rings. The Hall–Kier alpha value is -1.28. The summed E-state index contributed by atoms with van der Waals surface area (Å²) < 4.78 is 0. The third-order valence-corrected chi connectivity index (χ3v) is 4.82. The highest BCUT2D eigenvalue weighted by molar-refractivity contribution is 6.18. The topological polar surface area (TPSA) is 24.9 Å². The molecule has 2 nitrogen and oxygen atoms in total. The Balaban J connectivity index is 1.82. The summed E-state index contributed by atoms with van der Waals surface area (Å²) in [6.07, 6.45) is 6.97. The molecule has 0 amide bonds. The van der Waals surface area contributed by atoms with Crippen LogP contribution in [0.15, 0.2) is 36.5 Å². The fourth-order valence-corrected chi connectivity index (χ4v) is 3.38. The van der Waals surface area contributed by atoms with Crippen molar-refractivity contribution >= 4 is 28.2 Å². The van der Waals surface area contributed by atoms with Crippen LogP contribution in [-0.4, -0.2) is 17.4 Å². The first-order valence-electron chi connectivity index (χ1n) is 6.97. The maximum absolute atomic E-state index is 6.20. The number of hydrogen-bond acceptors (Lipinski definition) is 2. The highest BCUT2D eigenvalue weighted by Gasteiger charge is 2.32. The van der Waals surface area contributed by atoms with Gasteiger partial charge in [0.2, 0.25) is 0 Å². The number of nitrogens with zero attached hydrogens (tertiary/aromatic N) is 1. The van der Waals surface area contributed by atoms with Crippen molar-refractivity contribution in [2.24, 2.45) is 5.41 Å². The van der Waals surface area contributed by atoms with E-state index in [0.717, 1.165) is 17.9 Å². The molecule has 1 saturated carbocycles. The molecule has 0 unspecified atom stereocenters. The number of hydrogen-bond donors (Lipinski definition) is 1. The molecule has 0 bridgehead atoms. The van der Waals surface area contributed by atoms with Gasteiger partial charge in [0.15, 0.2) is 0 Å². The predicted octanol–water partition coefficient (Wildman–Crippen LogP) is 4.45. The summed E-state index contributed by atoms with van der Waals surface area (Å²) in [7, 11) is 0. The van der Waals surface area contributed by atoms with Gasteiger partial charge in [-0.05, 0) is 25.0 Å². The van der Waals surface area contributed by atoms with Crippen LogP contribution in [0, 0.1) is 5.41 Å². The summed E-state index contributed by atoms with van der Waals surface area (Å²) in [6, 6.07) is 10.3. The molecule has 3 heteroatoms. The van der Waals surface area contributed by atoms with E-state index in [4.69, 9.17) is 11.6 Å². The molecule has 0 spiro atoms. The molecule has 19 heavy (non-hydrogen) atoms. The molecule has 1 aliphatic carbocycles. The Kier molecular flexibility index (Phi) is 3.61. The van der Waals surface area contributed by atoms with Crippen molar-refractivity contribution < 1.29 is 0 Å². The molecule has 0 radical (unpaired) electrons. The van der Waals surface area contributed by atoms with Gasteiger partial charge in [-0.15, -0.1) is 11.6 Å². The van der Waals surface area contributed by atoms with E-state index in [2.05, 4.69) is 28.5 Å². The second-order valence-electron chi connectivity index (χ2n) is 5.57. The smallest absolute Gasteiger partial charge is 0.0722 e. The first kappa shape index (κ1) is 12.7. The Morgan fingerprint density at radius 1 is 1.16 bits per heavy atom. The molecular weight excluding hydrogens is 256 g/mol. The van der Waals surface area contributed by atoms with Gasteiger partial charge in [0.25, 0.3) is 0 Å². The number of halogens is 1. The average molecular weight is 275 g/mol. The Labute approximate surface area is 119 Å². The van der Waals surface area contributed by atoms with Gasteiger partial charge >= 0.3 is 0 Å². The lowest BCUT2D eigenvalue weighted by Gasteiger charge is -2.27. The second kappa shape index (κ2) is 5.38. The third-order valence-electron chi connectivity index (χ3n) is 4.25. The Morgan fingerprint density at radius 2 is 1.95 bits per heavy atom. The summed E-state index contributed by atoms with van der Waals surface area (Å²) in [5.74, 6) is 0.753. The van der Waals surface area contributed by atoms with Crippen LogP contribution in [0.2, 0.25) is 0 Å². The van der Waals surface area contributed by atoms with Gasteiger partial charge in [0.1, 0.15) is 0 Å². The minimum atomic E-state index is 0.284. The van der Waals surface area contributed by atoms with Crippen LogP contribution in [-0.2, 0) is 0 Å². The van der Waals surface area contributed by atoms with E-state index in [-0.39, 0.29) is 5.41 Å². The SMILES string of the molecule is ClCC1(CNc2ccnc3ccccc23)CCCC1. The molecule has 1 aliphatic rings. The van der Waals surface area contributed by atoms with Gasteiger partial charge in [-0.2, -0.15) is 0 Å². The van der Waals surface area contributed by atoms with Crippen molar-refractivity contribution in [2.45, 2.75) is 25.7 Å². The zero-order chi connectivity index (χ0) is 13.1. The summed E-state index contributed by atoms with van der Waals surface area (Å²) >= 11 is 6.20. The molecule has 0 aliphatic heterocycles. The van der Waals surface area contributed by atoms with Gasteiger partial charge in [0.05, 0.1) is 5.52 Å². The lowest BCUT2D eigenvalue weighted by atomic mass is 9.88. The third kappa shape index (κ3) is 2.55. The zero-order valence-electron chi connectivity index (χ0n) is 11.0. The lowest BCUT2D eigenvalue weighted by molar-refractivity contribution is 0.368. The van der Waals surface area contributed by atoms with Crippen molar-refractivity contribution in [1.29, 1.82) is 0 Å². The van der Waals surface area contributed by atoms with E-state index < -0.39 is 0 Å². The normalized spacial score (nSPS) is 17.7. The minimum absolute atomic E-state index is 0.284. The summed E-state index contributed by atoms with van der Waals surface area (Å²) in [6.45, 7) is 0.963. The van der Waals surface area contributed by atoms with Crippen LogP contribution < -0.4 is 5.32 Å². The molecule has 1 aromatic heterocycles. The molecule has 100 valence electrons. The Morgan fingerprint density at radius 3 is 2.74 bits per heavy atom. The largest absolute Gasteiger partial charge is 0.384 e. The first-order valence-corrected chi connectivity index (χ1v) is 7.50. The molecule has 0 saturated heterocycles. The fourth-order valence-electron chi connectivity index (χ4n) is 3.02. The maximum atomic E-state index is 6.20. The number of pyridine rings is 1. The number of aromatic nitrogens is 1. The average Bonchev–Trinajstić information content (AvgIpc) is 2.94. The van der Waals surface area contributed by atoms with Crippen LogP contribution in [0.4, 0.5) is 5.69 Å². The van der Waals surface area contributed by atoms with Crippen molar-refractivity contribution in [3.63, 3.8) is 0 Å². The quantitative estimate of drug-likeness (QED) is 0.834. The monoisotopic (exact) mass is 274 g/mol. The summed E-state index contributed by atoms with van der Waals surface area (Å²) in [4.78, 5) is 4.39. The van der Waals surface area contributed by atoms with Crippen LogP contribution in [0.1, 0.15) is 25.7 Å². The van der Waals surface area contributed by atoms with E-state index in [1.54, 1.807) is 0 Å². The molecule has 1 N–H and O–H groups in total. The van der Waals surface area contributed by atoms with E-state index in [0.29, 0.717) is 0 Å². The van der Waals surface area contributed by atoms with E-state index in [9.17, 15) is 0 Å². The maximum Gasteiger partial charge on any atom is 0.0722 e. The van der Waals surface area contributed by atoms with Crippen LogP contribution >= 0.6 is 11.6 Å². The number of anilines is 1. The van der Waals surface area contributed by atoms with Crippen molar-refractivity contribution in [3.05, 3.63) is 36.5 Å². The van der Waals surface area contributed by atoms with Gasteiger partial charge in [-0.1, -0.05) is 31.0 Å². The molecule has 1 fully saturated rings. The highest BCUT2D eigenvalue weighted by Crippen LogP contribution is 2.39.